The molecule has 0 spiro atoms. The Bertz CT molecular complexity index is 179. The minimum Gasteiger partial charge on any atom is -0.433 e. The average molecular weight is 202 g/mol. The van der Waals surface area contributed by atoms with Gasteiger partial charge in [-0.25, -0.2) is 4.79 Å². The summed E-state index contributed by atoms with van der Waals surface area (Å²) in [6.07, 6.45) is 0.749. The summed E-state index contributed by atoms with van der Waals surface area (Å²) < 4.78 is 15.4. The highest BCUT2D eigenvalue weighted by Gasteiger charge is 2.14. The van der Waals surface area contributed by atoms with Crippen LogP contribution in [-0.4, -0.2) is 25.2 Å². The van der Waals surface area contributed by atoms with Crippen molar-refractivity contribution in [2.45, 2.75) is 39.8 Å². The molecule has 14 heavy (non-hydrogen) atoms. The molecule has 0 saturated heterocycles. The topological polar surface area (TPSA) is 44.8 Å². The summed E-state index contributed by atoms with van der Waals surface area (Å²) in [7, 11) is 0. The van der Waals surface area contributed by atoms with Crippen LogP contribution in [0.2, 0.25) is 0 Å². The molecule has 0 heterocycles. The lowest BCUT2D eigenvalue weighted by Crippen LogP contribution is -2.26. The number of ether oxygens (including phenoxy) is 3. The molecule has 0 saturated carbocycles. The normalized spacial score (nSPS) is 14.5. The number of esters is 1. The van der Waals surface area contributed by atoms with Gasteiger partial charge >= 0.3 is 5.97 Å². The second kappa shape index (κ2) is 7.53. The van der Waals surface area contributed by atoms with Crippen LogP contribution in [0.15, 0.2) is 12.7 Å². The van der Waals surface area contributed by atoms with Gasteiger partial charge in [-0.3, -0.25) is 0 Å². The maximum Gasteiger partial charge on any atom is 0.332 e. The second-order valence-electron chi connectivity index (χ2n) is 2.64. The Morgan fingerprint density at radius 1 is 1.50 bits per heavy atom. The third kappa shape index (κ3) is 5.72. The lowest BCUT2D eigenvalue weighted by molar-refractivity contribution is -0.231. The Balaban J connectivity index is 3.89. The number of carbonyl (C=O) groups is 1. The van der Waals surface area contributed by atoms with E-state index in [1.807, 2.05) is 13.8 Å². The van der Waals surface area contributed by atoms with Crippen molar-refractivity contribution >= 4 is 5.97 Å². The quantitative estimate of drug-likeness (QED) is 0.359. The fourth-order valence-electron chi connectivity index (χ4n) is 0.873. The van der Waals surface area contributed by atoms with Crippen molar-refractivity contribution in [3.05, 3.63) is 12.7 Å². The van der Waals surface area contributed by atoms with Gasteiger partial charge in [-0.1, -0.05) is 13.5 Å². The molecule has 4 nitrogen and oxygen atoms in total. The summed E-state index contributed by atoms with van der Waals surface area (Å²) >= 11 is 0. The van der Waals surface area contributed by atoms with E-state index in [0.29, 0.717) is 13.0 Å². The molecule has 2 atom stereocenters. The van der Waals surface area contributed by atoms with E-state index in [1.165, 1.54) is 0 Å². The first-order valence-electron chi connectivity index (χ1n) is 4.74. The highest BCUT2D eigenvalue weighted by Crippen LogP contribution is 2.06. The van der Waals surface area contributed by atoms with Crippen LogP contribution < -0.4 is 0 Å². The predicted molar refractivity (Wildman–Crippen MR) is 52.5 cm³/mol. The lowest BCUT2D eigenvalue weighted by Gasteiger charge is -2.20. The van der Waals surface area contributed by atoms with Gasteiger partial charge in [-0.05, 0) is 13.8 Å². The van der Waals surface area contributed by atoms with Gasteiger partial charge < -0.3 is 14.2 Å². The van der Waals surface area contributed by atoms with Gasteiger partial charge in [0.2, 0.25) is 6.29 Å². The summed E-state index contributed by atoms with van der Waals surface area (Å²) in [5.41, 5.74) is 0. The molecule has 0 amide bonds. The predicted octanol–water partition coefficient (Wildman–Crippen LogP) is 1.85. The first-order chi connectivity index (χ1) is 6.63. The van der Waals surface area contributed by atoms with E-state index in [1.54, 1.807) is 6.92 Å². The van der Waals surface area contributed by atoms with E-state index < -0.39 is 12.3 Å². The molecule has 0 bridgehead atoms. The van der Waals surface area contributed by atoms with Crippen molar-refractivity contribution in [1.29, 1.82) is 0 Å². The summed E-state index contributed by atoms with van der Waals surface area (Å²) in [5.74, 6) is -0.486. The SMILES string of the molecule is C=CC(=O)OC(CC)OC(C)OCC. The standard InChI is InChI=1S/C10H18O4/c1-5-9(11)14-10(6-2)13-8(4)12-7-3/h5,8,10H,1,6-7H2,2-4H3. The zero-order valence-corrected chi connectivity index (χ0v) is 8.99. The van der Waals surface area contributed by atoms with Crippen LogP contribution in [0, 0.1) is 0 Å². The highest BCUT2D eigenvalue weighted by molar-refractivity contribution is 5.81. The van der Waals surface area contributed by atoms with Gasteiger partial charge in [0.1, 0.15) is 0 Å². The van der Waals surface area contributed by atoms with Crippen LogP contribution >= 0.6 is 0 Å². The van der Waals surface area contributed by atoms with Crippen molar-refractivity contribution in [3.8, 4) is 0 Å². The average Bonchev–Trinajstić information content (AvgIpc) is 2.16. The van der Waals surface area contributed by atoms with E-state index in [4.69, 9.17) is 14.2 Å². The molecule has 82 valence electrons. The molecule has 0 aliphatic heterocycles. The first-order valence-corrected chi connectivity index (χ1v) is 4.74. The second-order valence-corrected chi connectivity index (χ2v) is 2.64. The molecular formula is C10H18O4. The zero-order valence-electron chi connectivity index (χ0n) is 8.99. The van der Waals surface area contributed by atoms with Crippen LogP contribution in [0.4, 0.5) is 0 Å². The molecular weight excluding hydrogens is 184 g/mol. The molecule has 0 aromatic heterocycles. The smallest absolute Gasteiger partial charge is 0.332 e. The Morgan fingerprint density at radius 2 is 2.14 bits per heavy atom. The van der Waals surface area contributed by atoms with Crippen LogP contribution in [0.1, 0.15) is 27.2 Å². The van der Waals surface area contributed by atoms with E-state index in [-0.39, 0.29) is 6.29 Å². The maximum absolute atomic E-state index is 10.9. The van der Waals surface area contributed by atoms with Gasteiger partial charge in [0, 0.05) is 19.1 Å². The zero-order chi connectivity index (χ0) is 11.0. The van der Waals surface area contributed by atoms with E-state index >= 15 is 0 Å². The number of carbonyl (C=O) groups excluding carboxylic acids is 1. The van der Waals surface area contributed by atoms with Gasteiger partial charge in [-0.15, -0.1) is 0 Å². The lowest BCUT2D eigenvalue weighted by atomic mass is 10.4. The van der Waals surface area contributed by atoms with Crippen molar-refractivity contribution in [2.75, 3.05) is 6.61 Å². The molecule has 4 heteroatoms. The summed E-state index contributed by atoms with van der Waals surface area (Å²) in [6.45, 7) is 9.35. The van der Waals surface area contributed by atoms with Crippen molar-refractivity contribution in [1.82, 2.24) is 0 Å². The largest absolute Gasteiger partial charge is 0.433 e. The van der Waals surface area contributed by atoms with E-state index in [0.717, 1.165) is 6.08 Å². The Kier molecular flexibility index (Phi) is 7.06. The molecule has 0 aliphatic carbocycles. The van der Waals surface area contributed by atoms with Crippen molar-refractivity contribution < 1.29 is 19.0 Å². The summed E-state index contributed by atoms with van der Waals surface area (Å²) in [5, 5.41) is 0. The highest BCUT2D eigenvalue weighted by atomic mass is 16.8. The minimum atomic E-state index is -0.568. The Labute approximate surface area is 84.8 Å². The van der Waals surface area contributed by atoms with E-state index in [2.05, 4.69) is 6.58 Å². The van der Waals surface area contributed by atoms with Gasteiger partial charge in [-0.2, -0.15) is 0 Å². The third-order valence-corrected chi connectivity index (χ3v) is 1.49. The van der Waals surface area contributed by atoms with Gasteiger partial charge in [0.15, 0.2) is 6.29 Å². The molecule has 0 aromatic carbocycles. The molecule has 0 rings (SSSR count). The maximum atomic E-state index is 10.9. The number of hydrogen-bond donors (Lipinski definition) is 0. The molecule has 0 aromatic rings. The molecule has 0 radical (unpaired) electrons. The molecule has 2 unspecified atom stereocenters. The fourth-order valence-corrected chi connectivity index (χ4v) is 0.873. The Hall–Kier alpha value is -0.870. The van der Waals surface area contributed by atoms with Crippen LogP contribution in [0.5, 0.6) is 0 Å². The van der Waals surface area contributed by atoms with Gasteiger partial charge in [0.05, 0.1) is 0 Å². The van der Waals surface area contributed by atoms with Crippen molar-refractivity contribution in [3.63, 3.8) is 0 Å². The minimum absolute atomic E-state index is 0.373. The summed E-state index contributed by atoms with van der Waals surface area (Å²) in [6, 6.07) is 0. The summed E-state index contributed by atoms with van der Waals surface area (Å²) in [4.78, 5) is 10.9. The number of hydrogen-bond acceptors (Lipinski definition) is 4. The molecule has 0 aliphatic rings. The third-order valence-electron chi connectivity index (χ3n) is 1.49. The van der Waals surface area contributed by atoms with Crippen LogP contribution in [-0.2, 0) is 19.0 Å². The van der Waals surface area contributed by atoms with Gasteiger partial charge in [0.25, 0.3) is 0 Å². The monoisotopic (exact) mass is 202 g/mol. The van der Waals surface area contributed by atoms with Crippen LogP contribution in [0.25, 0.3) is 0 Å². The number of rotatable bonds is 7. The molecule has 0 fully saturated rings. The fraction of sp³-hybridized carbons (Fsp3) is 0.700. The Morgan fingerprint density at radius 3 is 2.57 bits per heavy atom. The molecule has 0 N–H and O–H groups in total. The van der Waals surface area contributed by atoms with Crippen molar-refractivity contribution in [2.24, 2.45) is 0 Å². The van der Waals surface area contributed by atoms with Crippen LogP contribution in [0.3, 0.4) is 0 Å². The first kappa shape index (κ1) is 13.1. The van der Waals surface area contributed by atoms with E-state index in [9.17, 15) is 4.79 Å².